The van der Waals surface area contributed by atoms with Crippen LogP contribution in [-0.2, 0) is 4.79 Å². The molecule has 1 amide bonds. The number of nitrogens with zero attached hydrogens (tertiary/aromatic N) is 3. The van der Waals surface area contributed by atoms with Gasteiger partial charge in [-0.2, -0.15) is 0 Å². The van der Waals surface area contributed by atoms with Crippen molar-refractivity contribution in [2.75, 3.05) is 42.9 Å². The molecule has 8 nitrogen and oxygen atoms in total. The zero-order valence-electron chi connectivity index (χ0n) is 16.1. The van der Waals surface area contributed by atoms with E-state index < -0.39 is 4.92 Å². The quantitative estimate of drug-likeness (QED) is 0.476. The van der Waals surface area contributed by atoms with Gasteiger partial charge in [0.15, 0.2) is 5.78 Å². The van der Waals surface area contributed by atoms with Gasteiger partial charge >= 0.3 is 0 Å². The number of fused-ring (bicyclic) bond motifs is 1. The Labute approximate surface area is 168 Å². The monoisotopic (exact) mass is 394 g/mol. The third-order valence-corrected chi connectivity index (χ3v) is 5.66. The van der Waals surface area contributed by atoms with Crippen LogP contribution in [0.4, 0.5) is 17.1 Å². The number of hydrogen-bond acceptors (Lipinski definition) is 6. The van der Waals surface area contributed by atoms with E-state index in [1.165, 1.54) is 12.1 Å². The highest BCUT2D eigenvalue weighted by atomic mass is 16.6. The number of carbonyl (C=O) groups is 2. The predicted octanol–water partition coefficient (Wildman–Crippen LogP) is 2.66. The lowest BCUT2D eigenvalue weighted by molar-refractivity contribution is -0.384. The van der Waals surface area contributed by atoms with Crippen LogP contribution in [0.3, 0.4) is 0 Å². The molecule has 2 aliphatic rings. The van der Waals surface area contributed by atoms with Gasteiger partial charge in [0.25, 0.3) is 5.69 Å². The lowest BCUT2D eigenvalue weighted by Crippen LogP contribution is -2.48. The summed E-state index contributed by atoms with van der Waals surface area (Å²) < 4.78 is 0. The van der Waals surface area contributed by atoms with Gasteiger partial charge in [0, 0.05) is 55.2 Å². The maximum absolute atomic E-state index is 12.7. The van der Waals surface area contributed by atoms with Crippen LogP contribution in [0.2, 0.25) is 0 Å². The molecule has 2 aliphatic heterocycles. The number of non-ortho nitro benzene ring substituents is 1. The second kappa shape index (κ2) is 7.63. The number of benzene rings is 2. The molecule has 4 rings (SSSR count). The number of carbonyl (C=O) groups excluding carboxylic acids is 2. The minimum absolute atomic E-state index is 0.0352. The number of rotatable bonds is 5. The Morgan fingerprint density at radius 3 is 2.48 bits per heavy atom. The molecule has 1 N–H and O–H groups in total. The molecule has 0 spiro atoms. The Bertz CT molecular complexity index is 965. The van der Waals surface area contributed by atoms with E-state index in [9.17, 15) is 19.7 Å². The SMILES string of the molecule is CC1C(=O)Nc2ccc(C(=O)CN3CCN(c4ccc([N+](=O)[O-])cc4)CC3)cc21. The van der Waals surface area contributed by atoms with Crippen LogP contribution < -0.4 is 10.2 Å². The van der Waals surface area contributed by atoms with E-state index in [4.69, 9.17) is 0 Å². The number of nitro groups is 1. The topological polar surface area (TPSA) is 95.8 Å². The third kappa shape index (κ3) is 3.84. The van der Waals surface area contributed by atoms with E-state index >= 15 is 0 Å². The average Bonchev–Trinajstić information content (AvgIpc) is 3.02. The smallest absolute Gasteiger partial charge is 0.269 e. The number of hydrogen-bond donors (Lipinski definition) is 1. The highest BCUT2D eigenvalue weighted by Crippen LogP contribution is 2.32. The molecule has 0 aliphatic carbocycles. The first kappa shape index (κ1) is 19.1. The van der Waals surface area contributed by atoms with Crippen molar-refractivity contribution in [3.05, 3.63) is 63.7 Å². The highest BCUT2D eigenvalue weighted by molar-refractivity contribution is 6.05. The Morgan fingerprint density at radius 1 is 1.14 bits per heavy atom. The maximum atomic E-state index is 12.7. The molecular formula is C21H22N4O4. The summed E-state index contributed by atoms with van der Waals surface area (Å²) in [5, 5.41) is 13.6. The lowest BCUT2D eigenvalue weighted by atomic mass is 9.98. The van der Waals surface area contributed by atoms with Gasteiger partial charge in [0.1, 0.15) is 0 Å². The van der Waals surface area contributed by atoms with Crippen LogP contribution in [0.25, 0.3) is 0 Å². The van der Waals surface area contributed by atoms with Crippen LogP contribution in [0.1, 0.15) is 28.8 Å². The molecule has 0 bridgehead atoms. The van der Waals surface area contributed by atoms with Crippen LogP contribution in [-0.4, -0.2) is 54.2 Å². The molecule has 0 saturated carbocycles. The highest BCUT2D eigenvalue weighted by Gasteiger charge is 2.28. The van der Waals surface area contributed by atoms with Crippen molar-refractivity contribution in [1.82, 2.24) is 4.90 Å². The summed E-state index contributed by atoms with van der Waals surface area (Å²) >= 11 is 0. The fourth-order valence-electron chi connectivity index (χ4n) is 3.83. The van der Waals surface area contributed by atoms with Gasteiger partial charge in [-0.1, -0.05) is 0 Å². The molecule has 1 unspecified atom stereocenters. The van der Waals surface area contributed by atoms with Crippen molar-refractivity contribution in [2.24, 2.45) is 0 Å². The van der Waals surface area contributed by atoms with E-state index in [0.29, 0.717) is 12.1 Å². The van der Waals surface area contributed by atoms with E-state index in [-0.39, 0.29) is 23.3 Å². The molecule has 8 heteroatoms. The summed E-state index contributed by atoms with van der Waals surface area (Å²) in [7, 11) is 0. The van der Waals surface area contributed by atoms with E-state index in [1.54, 1.807) is 24.3 Å². The normalized spacial score (nSPS) is 19.0. The van der Waals surface area contributed by atoms with E-state index in [2.05, 4.69) is 15.1 Å². The number of Topliss-reactive ketones (excluding diaryl/α,β-unsaturated/α-hetero) is 1. The van der Waals surface area contributed by atoms with Gasteiger partial charge in [0.05, 0.1) is 17.4 Å². The van der Waals surface area contributed by atoms with Crippen molar-refractivity contribution >= 4 is 28.8 Å². The zero-order chi connectivity index (χ0) is 20.5. The third-order valence-electron chi connectivity index (χ3n) is 5.66. The summed E-state index contributed by atoms with van der Waals surface area (Å²) in [6.07, 6.45) is 0. The molecule has 1 saturated heterocycles. The van der Waals surface area contributed by atoms with Gasteiger partial charge in [-0.15, -0.1) is 0 Å². The second-order valence-corrected chi connectivity index (χ2v) is 7.47. The molecule has 1 atom stereocenters. The molecule has 0 radical (unpaired) electrons. The Kier molecular flexibility index (Phi) is 5.02. The Morgan fingerprint density at radius 2 is 1.83 bits per heavy atom. The first-order valence-electron chi connectivity index (χ1n) is 9.62. The summed E-state index contributed by atoms with van der Waals surface area (Å²) in [5.74, 6) is -0.224. The van der Waals surface area contributed by atoms with Gasteiger partial charge in [-0.3, -0.25) is 24.6 Å². The summed E-state index contributed by atoms with van der Waals surface area (Å²) in [6, 6.07) is 12.0. The Hall–Kier alpha value is -3.26. The summed E-state index contributed by atoms with van der Waals surface area (Å²) in [4.78, 5) is 39.2. The predicted molar refractivity (Wildman–Crippen MR) is 110 cm³/mol. The second-order valence-electron chi connectivity index (χ2n) is 7.47. The summed E-state index contributed by atoms with van der Waals surface area (Å²) in [5.41, 5.74) is 3.33. The van der Waals surface area contributed by atoms with Gasteiger partial charge in [-0.05, 0) is 42.8 Å². The zero-order valence-corrected chi connectivity index (χ0v) is 16.1. The standard InChI is InChI=1S/C21H22N4O4/c1-14-18-12-15(2-7-19(18)22-21(14)27)20(26)13-23-8-10-24(11-9-23)16-3-5-17(6-4-16)25(28)29/h2-7,12,14H,8-11,13H2,1H3,(H,22,27). The van der Waals surface area contributed by atoms with Crippen LogP contribution in [0.5, 0.6) is 0 Å². The van der Waals surface area contributed by atoms with E-state index in [0.717, 1.165) is 43.1 Å². The largest absolute Gasteiger partial charge is 0.369 e. The average molecular weight is 394 g/mol. The van der Waals surface area contributed by atoms with Crippen molar-refractivity contribution in [1.29, 1.82) is 0 Å². The molecule has 29 heavy (non-hydrogen) atoms. The first-order chi connectivity index (χ1) is 13.9. The molecule has 150 valence electrons. The fourth-order valence-corrected chi connectivity index (χ4v) is 3.83. The Balaban J connectivity index is 1.34. The summed E-state index contributed by atoms with van der Waals surface area (Å²) in [6.45, 7) is 5.17. The van der Waals surface area contributed by atoms with Gasteiger partial charge in [0.2, 0.25) is 5.91 Å². The fraction of sp³-hybridized carbons (Fsp3) is 0.333. The molecule has 2 heterocycles. The number of nitrogens with one attached hydrogen (secondary N) is 1. The molecule has 2 aromatic carbocycles. The molecule has 2 aromatic rings. The number of ketones is 1. The molecule has 0 aromatic heterocycles. The van der Waals surface area contributed by atoms with Crippen molar-refractivity contribution < 1.29 is 14.5 Å². The minimum atomic E-state index is -0.404. The van der Waals surface area contributed by atoms with Crippen LogP contribution in [0, 0.1) is 10.1 Å². The number of anilines is 2. The molecular weight excluding hydrogens is 372 g/mol. The van der Waals surface area contributed by atoms with Crippen LogP contribution >= 0.6 is 0 Å². The number of amides is 1. The lowest BCUT2D eigenvalue weighted by Gasteiger charge is -2.35. The van der Waals surface area contributed by atoms with Crippen molar-refractivity contribution in [3.8, 4) is 0 Å². The maximum Gasteiger partial charge on any atom is 0.269 e. The first-order valence-corrected chi connectivity index (χ1v) is 9.62. The number of nitro benzene ring substituents is 1. The molecule has 1 fully saturated rings. The van der Waals surface area contributed by atoms with E-state index in [1.807, 2.05) is 13.0 Å². The van der Waals surface area contributed by atoms with Gasteiger partial charge < -0.3 is 10.2 Å². The van der Waals surface area contributed by atoms with Crippen LogP contribution in [0.15, 0.2) is 42.5 Å². The van der Waals surface area contributed by atoms with Crippen molar-refractivity contribution in [2.45, 2.75) is 12.8 Å². The van der Waals surface area contributed by atoms with Gasteiger partial charge in [-0.25, -0.2) is 0 Å². The van der Waals surface area contributed by atoms with Crippen molar-refractivity contribution in [3.63, 3.8) is 0 Å². The minimum Gasteiger partial charge on any atom is -0.369 e. The number of piperazine rings is 1.